The van der Waals surface area contributed by atoms with Crippen molar-refractivity contribution in [2.24, 2.45) is 0 Å². The van der Waals surface area contributed by atoms with Crippen molar-refractivity contribution in [2.75, 3.05) is 25.6 Å². The normalized spacial score (nSPS) is 20.5. The number of urea groups is 1. The minimum absolute atomic E-state index is 0.0303. The van der Waals surface area contributed by atoms with Crippen molar-refractivity contribution in [3.63, 3.8) is 0 Å². The highest BCUT2D eigenvalue weighted by Crippen LogP contribution is 2.12. The second kappa shape index (κ2) is 7.89. The molecule has 2 atom stereocenters. The Labute approximate surface area is 140 Å². The van der Waals surface area contributed by atoms with Gasteiger partial charge in [0.15, 0.2) is 0 Å². The zero-order chi connectivity index (χ0) is 16.8. The SMILES string of the molecule is CO[C@@H]1CCOC[C@H]1NC(=O)Nc1ccnc(Cn2cccn2)c1. The molecular weight excluding hydrogens is 310 g/mol. The summed E-state index contributed by atoms with van der Waals surface area (Å²) in [5.74, 6) is 0. The highest BCUT2D eigenvalue weighted by molar-refractivity contribution is 5.89. The smallest absolute Gasteiger partial charge is 0.319 e. The number of amides is 2. The third-order valence-corrected chi connectivity index (χ3v) is 3.87. The van der Waals surface area contributed by atoms with Gasteiger partial charge in [-0.2, -0.15) is 5.10 Å². The van der Waals surface area contributed by atoms with Gasteiger partial charge in [-0.05, 0) is 24.6 Å². The average molecular weight is 331 g/mol. The van der Waals surface area contributed by atoms with Crippen molar-refractivity contribution in [1.82, 2.24) is 20.1 Å². The van der Waals surface area contributed by atoms with Gasteiger partial charge in [0, 0.05) is 38.0 Å². The number of carbonyl (C=O) groups excluding carboxylic acids is 1. The van der Waals surface area contributed by atoms with E-state index in [4.69, 9.17) is 9.47 Å². The van der Waals surface area contributed by atoms with E-state index in [2.05, 4.69) is 20.7 Å². The van der Waals surface area contributed by atoms with Crippen molar-refractivity contribution in [2.45, 2.75) is 25.1 Å². The summed E-state index contributed by atoms with van der Waals surface area (Å²) < 4.78 is 12.6. The topological polar surface area (TPSA) is 90.3 Å². The predicted molar refractivity (Wildman–Crippen MR) is 87.7 cm³/mol. The van der Waals surface area contributed by atoms with Crippen LogP contribution in [0.2, 0.25) is 0 Å². The van der Waals surface area contributed by atoms with Gasteiger partial charge in [-0.15, -0.1) is 0 Å². The Hall–Kier alpha value is -2.45. The zero-order valence-electron chi connectivity index (χ0n) is 13.5. The highest BCUT2D eigenvalue weighted by atomic mass is 16.5. The molecule has 1 saturated heterocycles. The molecule has 0 spiro atoms. The summed E-state index contributed by atoms with van der Waals surface area (Å²) in [4.78, 5) is 16.5. The van der Waals surface area contributed by atoms with Crippen LogP contribution in [0.5, 0.6) is 0 Å². The summed E-state index contributed by atoms with van der Waals surface area (Å²) in [6.07, 6.45) is 5.98. The summed E-state index contributed by atoms with van der Waals surface area (Å²) in [5.41, 5.74) is 1.49. The lowest BCUT2D eigenvalue weighted by atomic mass is 10.1. The van der Waals surface area contributed by atoms with Crippen LogP contribution in [-0.2, 0) is 16.0 Å². The number of pyridine rings is 1. The van der Waals surface area contributed by atoms with E-state index in [9.17, 15) is 4.79 Å². The number of rotatable bonds is 5. The maximum absolute atomic E-state index is 12.2. The third kappa shape index (κ3) is 4.30. The van der Waals surface area contributed by atoms with Gasteiger partial charge in [-0.3, -0.25) is 9.67 Å². The lowest BCUT2D eigenvalue weighted by Gasteiger charge is -2.30. The number of anilines is 1. The number of nitrogens with one attached hydrogen (secondary N) is 2. The van der Waals surface area contributed by atoms with E-state index in [0.29, 0.717) is 25.4 Å². The molecule has 0 unspecified atom stereocenters. The monoisotopic (exact) mass is 331 g/mol. The minimum atomic E-state index is -0.288. The standard InChI is InChI=1S/C16H21N5O3/c1-23-15-4-8-24-11-14(15)20-16(22)19-12-3-6-17-13(9-12)10-21-7-2-5-18-21/h2-3,5-7,9,14-15H,4,8,10-11H2,1H3,(H2,17,19,20,22)/t14-,15-/m1/s1. The van der Waals surface area contributed by atoms with Gasteiger partial charge >= 0.3 is 6.03 Å². The maximum Gasteiger partial charge on any atom is 0.319 e. The van der Waals surface area contributed by atoms with E-state index < -0.39 is 0 Å². The molecule has 0 aromatic carbocycles. The van der Waals surface area contributed by atoms with Gasteiger partial charge in [-0.25, -0.2) is 4.79 Å². The molecular formula is C16H21N5O3. The second-order valence-corrected chi connectivity index (χ2v) is 5.58. The van der Waals surface area contributed by atoms with Crippen LogP contribution in [-0.4, -0.2) is 53.3 Å². The number of hydrogen-bond acceptors (Lipinski definition) is 5. The Kier molecular flexibility index (Phi) is 5.39. The Bertz CT molecular complexity index is 661. The Morgan fingerprint density at radius 1 is 1.50 bits per heavy atom. The van der Waals surface area contributed by atoms with Gasteiger partial charge in [0.25, 0.3) is 0 Å². The molecule has 8 nitrogen and oxygen atoms in total. The molecule has 1 aliphatic rings. The largest absolute Gasteiger partial charge is 0.379 e. The molecule has 0 aliphatic carbocycles. The number of hydrogen-bond donors (Lipinski definition) is 2. The molecule has 0 bridgehead atoms. The van der Waals surface area contributed by atoms with Crippen LogP contribution in [0.25, 0.3) is 0 Å². The molecule has 24 heavy (non-hydrogen) atoms. The lowest BCUT2D eigenvalue weighted by Crippen LogP contribution is -2.51. The first-order chi connectivity index (χ1) is 11.7. The van der Waals surface area contributed by atoms with Gasteiger partial charge in [0.1, 0.15) is 0 Å². The van der Waals surface area contributed by atoms with Crippen LogP contribution < -0.4 is 10.6 Å². The van der Waals surface area contributed by atoms with Crippen LogP contribution in [0.1, 0.15) is 12.1 Å². The van der Waals surface area contributed by atoms with Crippen molar-refractivity contribution >= 4 is 11.7 Å². The van der Waals surface area contributed by atoms with E-state index in [-0.39, 0.29) is 18.2 Å². The van der Waals surface area contributed by atoms with E-state index in [0.717, 1.165) is 12.1 Å². The van der Waals surface area contributed by atoms with Crippen molar-refractivity contribution in [1.29, 1.82) is 0 Å². The molecule has 1 aliphatic heterocycles. The molecule has 2 aromatic heterocycles. The van der Waals surface area contributed by atoms with Crippen LogP contribution >= 0.6 is 0 Å². The van der Waals surface area contributed by atoms with Gasteiger partial charge < -0.3 is 20.1 Å². The van der Waals surface area contributed by atoms with E-state index in [1.807, 2.05) is 18.3 Å². The molecule has 0 radical (unpaired) electrons. The first kappa shape index (κ1) is 16.4. The second-order valence-electron chi connectivity index (χ2n) is 5.58. The quantitative estimate of drug-likeness (QED) is 0.860. The Morgan fingerprint density at radius 2 is 2.42 bits per heavy atom. The van der Waals surface area contributed by atoms with Gasteiger partial charge in [0.2, 0.25) is 0 Å². The molecule has 2 amide bonds. The first-order valence-corrected chi connectivity index (χ1v) is 7.85. The van der Waals surface area contributed by atoms with Crippen molar-refractivity contribution < 1.29 is 14.3 Å². The summed E-state index contributed by atoms with van der Waals surface area (Å²) >= 11 is 0. The van der Waals surface area contributed by atoms with Gasteiger partial charge in [0.05, 0.1) is 31.0 Å². The minimum Gasteiger partial charge on any atom is -0.379 e. The van der Waals surface area contributed by atoms with E-state index in [1.54, 1.807) is 30.3 Å². The predicted octanol–water partition coefficient (Wildman–Crippen LogP) is 1.25. The number of ether oxygens (including phenoxy) is 2. The maximum atomic E-state index is 12.2. The third-order valence-electron chi connectivity index (χ3n) is 3.87. The molecule has 2 aromatic rings. The first-order valence-electron chi connectivity index (χ1n) is 7.85. The fraction of sp³-hybridized carbons (Fsp3) is 0.438. The number of carbonyl (C=O) groups is 1. The number of methoxy groups -OCH3 is 1. The van der Waals surface area contributed by atoms with Gasteiger partial charge in [-0.1, -0.05) is 0 Å². The lowest BCUT2D eigenvalue weighted by molar-refractivity contribution is -0.0330. The van der Waals surface area contributed by atoms with Crippen LogP contribution in [0.4, 0.5) is 10.5 Å². The fourth-order valence-electron chi connectivity index (χ4n) is 2.67. The summed E-state index contributed by atoms with van der Waals surface area (Å²) in [5, 5.41) is 9.86. The summed E-state index contributed by atoms with van der Waals surface area (Å²) in [7, 11) is 1.65. The summed E-state index contributed by atoms with van der Waals surface area (Å²) in [6.45, 7) is 1.65. The molecule has 0 saturated carbocycles. The molecule has 1 fully saturated rings. The molecule has 128 valence electrons. The van der Waals surface area contributed by atoms with Crippen LogP contribution in [0, 0.1) is 0 Å². The number of aromatic nitrogens is 3. The molecule has 3 rings (SSSR count). The van der Waals surface area contributed by atoms with E-state index in [1.165, 1.54) is 0 Å². The molecule has 3 heterocycles. The van der Waals surface area contributed by atoms with Crippen LogP contribution in [0.3, 0.4) is 0 Å². The highest BCUT2D eigenvalue weighted by Gasteiger charge is 2.27. The Morgan fingerprint density at radius 3 is 3.21 bits per heavy atom. The molecule has 8 heteroatoms. The molecule has 2 N–H and O–H groups in total. The van der Waals surface area contributed by atoms with Crippen LogP contribution in [0.15, 0.2) is 36.8 Å². The van der Waals surface area contributed by atoms with Crippen molar-refractivity contribution in [3.05, 3.63) is 42.5 Å². The number of nitrogens with zero attached hydrogens (tertiary/aromatic N) is 3. The summed E-state index contributed by atoms with van der Waals surface area (Å²) in [6, 6.07) is 4.98. The zero-order valence-corrected chi connectivity index (χ0v) is 13.5. The fourth-order valence-corrected chi connectivity index (χ4v) is 2.67. The Balaban J connectivity index is 1.57. The van der Waals surface area contributed by atoms with E-state index >= 15 is 0 Å². The van der Waals surface area contributed by atoms with Crippen molar-refractivity contribution in [3.8, 4) is 0 Å². The average Bonchev–Trinajstić information content (AvgIpc) is 3.08.